The molecule has 4 heterocycles. The van der Waals surface area contributed by atoms with E-state index in [1.165, 1.54) is 56.6 Å². The van der Waals surface area contributed by atoms with Gasteiger partial charge in [-0.3, -0.25) is 4.57 Å². The molecule has 3 nitrogen and oxygen atoms in total. The maximum absolute atomic E-state index is 5.34. The van der Waals surface area contributed by atoms with Gasteiger partial charge in [0, 0.05) is 62.1 Å². The summed E-state index contributed by atoms with van der Waals surface area (Å²) < 4.78 is 7.56. The lowest BCUT2D eigenvalue weighted by Gasteiger charge is -2.12. The fourth-order valence-corrected chi connectivity index (χ4v) is 9.20. The zero-order valence-corrected chi connectivity index (χ0v) is 24.4. The van der Waals surface area contributed by atoms with Crippen molar-refractivity contribution in [3.63, 3.8) is 0 Å². The molecule has 0 spiro atoms. The lowest BCUT2D eigenvalue weighted by molar-refractivity contribution is 1.02. The predicted octanol–water partition coefficient (Wildman–Crippen LogP) is 11.1. The Morgan fingerprint density at radius 3 is 2.05 bits per heavy atom. The molecule has 10 aromatic rings. The molecule has 0 aliphatic carbocycles. The van der Waals surface area contributed by atoms with Crippen LogP contribution in [0.4, 0.5) is 0 Å². The van der Waals surface area contributed by atoms with Gasteiger partial charge < -0.3 is 0 Å². The summed E-state index contributed by atoms with van der Waals surface area (Å²) in [5, 5.41) is 8.74. The highest BCUT2D eigenvalue weighted by Crippen LogP contribution is 2.48. The first kappa shape index (κ1) is 23.5. The van der Waals surface area contributed by atoms with Crippen molar-refractivity contribution in [2.75, 3.05) is 0 Å². The Bertz CT molecular complexity index is 2730. The van der Waals surface area contributed by atoms with E-state index < -0.39 is 0 Å². The normalized spacial score (nSPS) is 12.2. The fourth-order valence-electron chi connectivity index (χ4n) is 6.76. The van der Waals surface area contributed by atoms with Gasteiger partial charge in [-0.15, -0.1) is 22.7 Å². The maximum Gasteiger partial charge on any atom is 0.235 e. The molecule has 0 amide bonds. The molecule has 0 aliphatic rings. The van der Waals surface area contributed by atoms with E-state index in [0.29, 0.717) is 5.95 Å². The first-order chi connectivity index (χ1) is 21.3. The van der Waals surface area contributed by atoms with Gasteiger partial charge in [0.05, 0.1) is 22.2 Å². The molecule has 6 aromatic carbocycles. The molecule has 200 valence electrons. The highest BCUT2D eigenvalue weighted by atomic mass is 32.1. The van der Waals surface area contributed by atoms with Gasteiger partial charge in [0.2, 0.25) is 5.95 Å². The second-order valence-corrected chi connectivity index (χ2v) is 13.1. The lowest BCUT2D eigenvalue weighted by Crippen LogP contribution is -2.03. The van der Waals surface area contributed by atoms with Gasteiger partial charge in [-0.1, -0.05) is 97.1 Å². The summed E-state index contributed by atoms with van der Waals surface area (Å²) in [6, 6.07) is 45.4. The number of nitrogens with zero attached hydrogens (tertiary/aromatic N) is 3. The van der Waals surface area contributed by atoms with Gasteiger partial charge in [-0.2, -0.15) is 0 Å². The van der Waals surface area contributed by atoms with Crippen LogP contribution in [-0.4, -0.2) is 14.5 Å². The third kappa shape index (κ3) is 3.23. The molecule has 0 atom stereocenters. The van der Waals surface area contributed by atoms with Crippen LogP contribution in [0.25, 0.3) is 90.3 Å². The summed E-state index contributed by atoms with van der Waals surface area (Å²) in [7, 11) is 0. The number of benzene rings is 6. The number of para-hydroxylation sites is 2. The second kappa shape index (κ2) is 8.71. The third-order valence-corrected chi connectivity index (χ3v) is 10.9. The number of aromatic nitrogens is 3. The van der Waals surface area contributed by atoms with Crippen molar-refractivity contribution in [1.29, 1.82) is 0 Å². The molecule has 0 bridgehead atoms. The largest absolute Gasteiger partial charge is 0.277 e. The van der Waals surface area contributed by atoms with Crippen LogP contribution >= 0.6 is 22.7 Å². The minimum Gasteiger partial charge on any atom is -0.277 e. The third-order valence-electron chi connectivity index (χ3n) is 8.62. The summed E-state index contributed by atoms with van der Waals surface area (Å²) in [5.41, 5.74) is 5.25. The summed E-state index contributed by atoms with van der Waals surface area (Å²) in [4.78, 5) is 10.6. The molecule has 10 rings (SSSR count). The highest BCUT2D eigenvalue weighted by Gasteiger charge is 2.22. The Kier molecular flexibility index (Phi) is 4.75. The van der Waals surface area contributed by atoms with Crippen LogP contribution in [0.5, 0.6) is 0 Å². The number of fused-ring (bicyclic) bond motifs is 12. The lowest BCUT2D eigenvalue weighted by atomic mass is 10.1. The summed E-state index contributed by atoms with van der Waals surface area (Å²) in [6.45, 7) is 0. The quantitative estimate of drug-likeness (QED) is 0.203. The minimum absolute atomic E-state index is 0.694. The van der Waals surface area contributed by atoms with Gasteiger partial charge in [0.15, 0.2) is 0 Å². The molecule has 5 heteroatoms. The van der Waals surface area contributed by atoms with Crippen molar-refractivity contribution in [1.82, 2.24) is 14.5 Å². The number of hydrogen-bond donors (Lipinski definition) is 0. The average Bonchev–Trinajstić information content (AvgIpc) is 3.74. The van der Waals surface area contributed by atoms with Crippen LogP contribution in [0.2, 0.25) is 0 Å². The van der Waals surface area contributed by atoms with Crippen molar-refractivity contribution < 1.29 is 0 Å². The van der Waals surface area contributed by atoms with Crippen LogP contribution in [0, 0.1) is 0 Å². The Morgan fingerprint density at radius 1 is 0.465 bits per heavy atom. The molecular formula is C38H21N3S2. The van der Waals surface area contributed by atoms with E-state index in [9.17, 15) is 0 Å². The molecule has 0 aliphatic heterocycles. The topological polar surface area (TPSA) is 30.7 Å². The van der Waals surface area contributed by atoms with Crippen LogP contribution in [0.15, 0.2) is 127 Å². The average molecular weight is 584 g/mol. The molecule has 43 heavy (non-hydrogen) atoms. The van der Waals surface area contributed by atoms with E-state index in [4.69, 9.17) is 9.97 Å². The predicted molar refractivity (Wildman–Crippen MR) is 185 cm³/mol. The number of rotatable bonds is 2. The number of thiophene rings is 2. The second-order valence-electron chi connectivity index (χ2n) is 11.0. The molecule has 0 fully saturated rings. The van der Waals surface area contributed by atoms with E-state index in [0.717, 1.165) is 27.7 Å². The molecule has 0 saturated heterocycles. The van der Waals surface area contributed by atoms with Crippen LogP contribution < -0.4 is 0 Å². The SMILES string of the molecule is c1ccc(-c2nc(-n3c4ccccc4c4ccc5sc6ccc7c8ccccc8sc7c6c5c43)nc3ccccc23)cc1. The molecule has 0 unspecified atom stereocenters. The fraction of sp³-hybridized carbons (Fsp3) is 0. The van der Waals surface area contributed by atoms with Crippen LogP contribution in [-0.2, 0) is 0 Å². The van der Waals surface area contributed by atoms with Crippen molar-refractivity contribution in [2.45, 2.75) is 0 Å². The zero-order chi connectivity index (χ0) is 28.1. The van der Waals surface area contributed by atoms with E-state index in [1.54, 1.807) is 0 Å². The Balaban J connectivity index is 1.42. The zero-order valence-electron chi connectivity index (χ0n) is 22.8. The first-order valence-corrected chi connectivity index (χ1v) is 16.0. The first-order valence-electron chi connectivity index (χ1n) is 14.3. The maximum atomic E-state index is 5.34. The number of hydrogen-bond acceptors (Lipinski definition) is 4. The van der Waals surface area contributed by atoms with Crippen molar-refractivity contribution in [2.24, 2.45) is 0 Å². The highest BCUT2D eigenvalue weighted by molar-refractivity contribution is 7.30. The molecule has 4 aromatic heterocycles. The van der Waals surface area contributed by atoms with Crippen molar-refractivity contribution in [3.05, 3.63) is 127 Å². The van der Waals surface area contributed by atoms with Gasteiger partial charge in [-0.25, -0.2) is 9.97 Å². The standard InChI is InChI=1S/C38H21N3S2/c1-2-10-22(11-3-1)35-27-14-4-7-15-28(27)39-38(40-35)41-29-16-8-5-12-23(29)25-18-20-31-33(36(25)41)34-32(42-31)21-19-26-24-13-6-9-17-30(24)43-37(26)34/h1-21H. The van der Waals surface area contributed by atoms with E-state index in [-0.39, 0.29) is 0 Å². The van der Waals surface area contributed by atoms with Crippen LogP contribution in [0.3, 0.4) is 0 Å². The summed E-state index contributed by atoms with van der Waals surface area (Å²) in [5.74, 6) is 0.694. The Hall–Kier alpha value is -5.10. The minimum atomic E-state index is 0.694. The van der Waals surface area contributed by atoms with Crippen molar-refractivity contribution in [3.8, 4) is 17.2 Å². The van der Waals surface area contributed by atoms with E-state index >= 15 is 0 Å². The van der Waals surface area contributed by atoms with E-state index in [2.05, 4.69) is 126 Å². The van der Waals surface area contributed by atoms with Crippen molar-refractivity contribution >= 4 is 95.7 Å². The smallest absolute Gasteiger partial charge is 0.235 e. The monoisotopic (exact) mass is 583 g/mol. The van der Waals surface area contributed by atoms with E-state index in [1.807, 2.05) is 28.7 Å². The molecule has 0 radical (unpaired) electrons. The molecule has 0 N–H and O–H groups in total. The van der Waals surface area contributed by atoms with Gasteiger partial charge >= 0.3 is 0 Å². The Labute approximate surface area is 253 Å². The van der Waals surface area contributed by atoms with Gasteiger partial charge in [-0.05, 0) is 30.3 Å². The van der Waals surface area contributed by atoms with Gasteiger partial charge in [0.25, 0.3) is 0 Å². The molecule has 0 saturated carbocycles. The summed E-state index contributed by atoms with van der Waals surface area (Å²) >= 11 is 3.77. The van der Waals surface area contributed by atoms with Crippen LogP contribution in [0.1, 0.15) is 0 Å². The van der Waals surface area contributed by atoms with Gasteiger partial charge in [0.1, 0.15) is 0 Å². The summed E-state index contributed by atoms with van der Waals surface area (Å²) in [6.07, 6.45) is 0. The molecular weight excluding hydrogens is 563 g/mol. The Morgan fingerprint density at radius 2 is 1.16 bits per heavy atom.